The van der Waals surface area contributed by atoms with Gasteiger partial charge >= 0.3 is 0 Å². The first-order valence-electron chi connectivity index (χ1n) is 8.67. The quantitative estimate of drug-likeness (QED) is 0.855. The SMILES string of the molecule is Cc1cc(C)cc(C(C)N(CC2CC2)CC2CCCN2)c1. The van der Waals surface area contributed by atoms with E-state index >= 15 is 0 Å². The first-order chi connectivity index (χ1) is 10.1. The summed E-state index contributed by atoms with van der Waals surface area (Å²) in [5.41, 5.74) is 4.27. The van der Waals surface area contributed by atoms with E-state index in [0.717, 1.165) is 5.92 Å². The molecule has 2 unspecified atom stereocenters. The van der Waals surface area contributed by atoms with Crippen LogP contribution in [0, 0.1) is 19.8 Å². The Labute approximate surface area is 129 Å². The lowest BCUT2D eigenvalue weighted by molar-refractivity contribution is 0.184. The van der Waals surface area contributed by atoms with Crippen molar-refractivity contribution in [3.05, 3.63) is 34.9 Å². The first kappa shape index (κ1) is 15.1. The van der Waals surface area contributed by atoms with Gasteiger partial charge in [-0.1, -0.05) is 29.3 Å². The molecule has 1 aliphatic carbocycles. The maximum absolute atomic E-state index is 3.67. The van der Waals surface area contributed by atoms with Crippen LogP contribution in [0.15, 0.2) is 18.2 Å². The maximum atomic E-state index is 3.67. The van der Waals surface area contributed by atoms with E-state index in [4.69, 9.17) is 0 Å². The highest BCUT2D eigenvalue weighted by Gasteiger charge is 2.29. The van der Waals surface area contributed by atoms with Crippen LogP contribution < -0.4 is 5.32 Å². The number of rotatable bonds is 6. The van der Waals surface area contributed by atoms with Crippen molar-refractivity contribution in [2.45, 2.75) is 58.5 Å². The molecule has 2 heteroatoms. The molecule has 1 heterocycles. The molecule has 0 spiro atoms. The Kier molecular flexibility index (Phi) is 4.66. The fraction of sp³-hybridized carbons (Fsp3) is 0.684. The summed E-state index contributed by atoms with van der Waals surface area (Å²) in [6, 6.07) is 8.27. The number of benzene rings is 1. The minimum Gasteiger partial charge on any atom is -0.313 e. The van der Waals surface area contributed by atoms with Crippen LogP contribution in [0.25, 0.3) is 0 Å². The molecule has 2 fully saturated rings. The summed E-state index contributed by atoms with van der Waals surface area (Å²) in [6.07, 6.45) is 5.57. The van der Waals surface area contributed by atoms with Gasteiger partial charge in [-0.15, -0.1) is 0 Å². The Balaban J connectivity index is 1.73. The predicted octanol–water partition coefficient (Wildman–Crippen LogP) is 3.83. The molecule has 2 atom stereocenters. The van der Waals surface area contributed by atoms with Crippen molar-refractivity contribution in [2.24, 2.45) is 5.92 Å². The zero-order valence-corrected chi connectivity index (χ0v) is 13.9. The van der Waals surface area contributed by atoms with Gasteiger partial charge in [0.05, 0.1) is 0 Å². The Bertz CT molecular complexity index is 452. The van der Waals surface area contributed by atoms with Crippen LogP contribution in [0.1, 0.15) is 55.3 Å². The van der Waals surface area contributed by atoms with Gasteiger partial charge in [-0.25, -0.2) is 0 Å². The molecule has 1 N–H and O–H groups in total. The third-order valence-corrected chi connectivity index (χ3v) is 5.08. The van der Waals surface area contributed by atoms with Crippen molar-refractivity contribution in [3.63, 3.8) is 0 Å². The van der Waals surface area contributed by atoms with Crippen molar-refractivity contribution in [3.8, 4) is 0 Å². The molecule has 0 bridgehead atoms. The van der Waals surface area contributed by atoms with E-state index in [2.05, 4.69) is 49.2 Å². The summed E-state index contributed by atoms with van der Waals surface area (Å²) >= 11 is 0. The van der Waals surface area contributed by atoms with E-state index in [9.17, 15) is 0 Å². The zero-order valence-electron chi connectivity index (χ0n) is 13.9. The van der Waals surface area contributed by atoms with E-state index in [-0.39, 0.29) is 0 Å². The van der Waals surface area contributed by atoms with E-state index in [1.165, 1.54) is 62.0 Å². The Hall–Kier alpha value is -0.860. The number of hydrogen-bond acceptors (Lipinski definition) is 2. The van der Waals surface area contributed by atoms with Gasteiger partial charge in [0.1, 0.15) is 0 Å². The summed E-state index contributed by atoms with van der Waals surface area (Å²) < 4.78 is 0. The maximum Gasteiger partial charge on any atom is 0.0320 e. The van der Waals surface area contributed by atoms with E-state index in [0.29, 0.717) is 12.1 Å². The Morgan fingerprint density at radius 1 is 1.10 bits per heavy atom. The van der Waals surface area contributed by atoms with Crippen molar-refractivity contribution in [1.82, 2.24) is 10.2 Å². The lowest BCUT2D eigenvalue weighted by atomic mass is 10.0. The zero-order chi connectivity index (χ0) is 14.8. The van der Waals surface area contributed by atoms with E-state index < -0.39 is 0 Å². The molecular weight excluding hydrogens is 256 g/mol. The first-order valence-corrected chi connectivity index (χ1v) is 8.67. The fourth-order valence-electron chi connectivity index (χ4n) is 3.68. The predicted molar refractivity (Wildman–Crippen MR) is 89.7 cm³/mol. The van der Waals surface area contributed by atoms with Crippen LogP contribution in [0.2, 0.25) is 0 Å². The third kappa shape index (κ3) is 4.08. The smallest absolute Gasteiger partial charge is 0.0320 e. The van der Waals surface area contributed by atoms with Crippen LogP contribution in [-0.2, 0) is 0 Å². The van der Waals surface area contributed by atoms with Gasteiger partial charge in [-0.05, 0) is 64.5 Å². The van der Waals surface area contributed by atoms with Gasteiger partial charge in [-0.2, -0.15) is 0 Å². The van der Waals surface area contributed by atoms with E-state index in [1.54, 1.807) is 0 Å². The highest BCUT2D eigenvalue weighted by Crippen LogP contribution is 2.33. The molecule has 1 aromatic rings. The minimum atomic E-state index is 0.534. The van der Waals surface area contributed by atoms with Crippen molar-refractivity contribution in [1.29, 1.82) is 0 Å². The van der Waals surface area contributed by atoms with Gasteiger partial charge in [0.15, 0.2) is 0 Å². The molecule has 1 saturated carbocycles. The van der Waals surface area contributed by atoms with Gasteiger partial charge in [0.25, 0.3) is 0 Å². The summed E-state index contributed by atoms with van der Waals surface area (Å²) in [4.78, 5) is 2.73. The van der Waals surface area contributed by atoms with Crippen molar-refractivity contribution in [2.75, 3.05) is 19.6 Å². The van der Waals surface area contributed by atoms with Crippen molar-refractivity contribution >= 4 is 0 Å². The molecule has 21 heavy (non-hydrogen) atoms. The van der Waals surface area contributed by atoms with E-state index in [1.807, 2.05) is 0 Å². The second kappa shape index (κ2) is 6.50. The average molecular weight is 286 g/mol. The fourth-order valence-corrected chi connectivity index (χ4v) is 3.68. The molecule has 0 aromatic heterocycles. The molecule has 2 aliphatic rings. The molecule has 0 radical (unpaired) electrons. The summed E-state index contributed by atoms with van der Waals surface area (Å²) in [7, 11) is 0. The lowest BCUT2D eigenvalue weighted by Gasteiger charge is -2.32. The van der Waals surface area contributed by atoms with Crippen LogP contribution in [0.4, 0.5) is 0 Å². The second-order valence-electron chi connectivity index (χ2n) is 7.29. The molecule has 3 rings (SSSR count). The summed E-state index contributed by atoms with van der Waals surface area (Å²) in [5, 5.41) is 3.67. The van der Waals surface area contributed by atoms with Gasteiger partial charge in [0, 0.05) is 25.2 Å². The normalized spacial score (nSPS) is 23.7. The van der Waals surface area contributed by atoms with Crippen molar-refractivity contribution < 1.29 is 0 Å². The highest BCUT2D eigenvalue weighted by molar-refractivity contribution is 5.30. The van der Waals surface area contributed by atoms with Gasteiger partial charge in [0.2, 0.25) is 0 Å². The van der Waals surface area contributed by atoms with Crippen LogP contribution >= 0.6 is 0 Å². The standard InChI is InChI=1S/C19H30N2/c1-14-9-15(2)11-18(10-14)16(3)21(12-17-6-7-17)13-19-5-4-8-20-19/h9-11,16-17,19-20H,4-8,12-13H2,1-3H3. The molecule has 1 aliphatic heterocycles. The Morgan fingerprint density at radius 3 is 2.38 bits per heavy atom. The van der Waals surface area contributed by atoms with Crippen LogP contribution in [-0.4, -0.2) is 30.6 Å². The summed E-state index contributed by atoms with van der Waals surface area (Å²) in [5.74, 6) is 0.958. The minimum absolute atomic E-state index is 0.534. The number of aryl methyl sites for hydroxylation is 2. The monoisotopic (exact) mass is 286 g/mol. The number of nitrogens with one attached hydrogen (secondary N) is 1. The van der Waals surface area contributed by atoms with Crippen LogP contribution in [0.3, 0.4) is 0 Å². The number of hydrogen-bond donors (Lipinski definition) is 1. The van der Waals surface area contributed by atoms with Gasteiger partial charge in [-0.3, -0.25) is 4.90 Å². The summed E-state index contributed by atoms with van der Waals surface area (Å²) in [6.45, 7) is 10.5. The molecule has 2 nitrogen and oxygen atoms in total. The average Bonchev–Trinajstić information content (AvgIpc) is 3.10. The lowest BCUT2D eigenvalue weighted by Crippen LogP contribution is -2.40. The highest BCUT2D eigenvalue weighted by atomic mass is 15.2. The topological polar surface area (TPSA) is 15.3 Å². The van der Waals surface area contributed by atoms with Gasteiger partial charge < -0.3 is 5.32 Å². The van der Waals surface area contributed by atoms with Crippen LogP contribution in [0.5, 0.6) is 0 Å². The third-order valence-electron chi connectivity index (χ3n) is 5.08. The molecular formula is C19H30N2. The number of nitrogens with zero attached hydrogens (tertiary/aromatic N) is 1. The molecule has 1 saturated heterocycles. The second-order valence-corrected chi connectivity index (χ2v) is 7.29. The Morgan fingerprint density at radius 2 is 1.81 bits per heavy atom. The largest absolute Gasteiger partial charge is 0.313 e. The molecule has 1 aromatic carbocycles. The molecule has 116 valence electrons. The molecule has 0 amide bonds.